The first-order chi connectivity index (χ1) is 5.61. The van der Waals surface area contributed by atoms with Crippen LogP contribution in [-0.2, 0) is 19.1 Å². The molecule has 68 valence electrons. The van der Waals surface area contributed by atoms with Crippen molar-refractivity contribution >= 4 is 11.9 Å². The Balaban J connectivity index is 4.02. The average Bonchev–Trinajstić information content (AvgIpc) is 2.04. The molecule has 0 spiro atoms. The molecule has 0 rings (SSSR count). The summed E-state index contributed by atoms with van der Waals surface area (Å²) in [7, 11) is 1.28. The topological polar surface area (TPSA) is 52.6 Å². The monoisotopic (exact) mass is 172 g/mol. The van der Waals surface area contributed by atoms with E-state index < -0.39 is 11.9 Å². The summed E-state index contributed by atoms with van der Waals surface area (Å²) in [6.07, 6.45) is 1.55. The van der Waals surface area contributed by atoms with Gasteiger partial charge in [-0.25, -0.2) is 4.79 Å². The highest BCUT2D eigenvalue weighted by atomic mass is 16.5. The minimum Gasteiger partial charge on any atom is -0.466 e. The highest BCUT2D eigenvalue weighted by Gasteiger charge is 2.09. The fourth-order valence-electron chi connectivity index (χ4n) is 0.571. The van der Waals surface area contributed by atoms with Crippen molar-refractivity contribution in [2.45, 2.75) is 13.8 Å². The first-order valence-electron chi connectivity index (χ1n) is 3.48. The van der Waals surface area contributed by atoms with E-state index in [9.17, 15) is 9.59 Å². The van der Waals surface area contributed by atoms with E-state index >= 15 is 0 Å². The van der Waals surface area contributed by atoms with Gasteiger partial charge in [-0.3, -0.25) is 4.79 Å². The lowest BCUT2D eigenvalue weighted by molar-refractivity contribution is -0.142. The van der Waals surface area contributed by atoms with Crippen molar-refractivity contribution in [1.82, 2.24) is 0 Å². The maximum atomic E-state index is 10.9. The summed E-state index contributed by atoms with van der Waals surface area (Å²) in [5.41, 5.74) is 0.340. The third-order valence-corrected chi connectivity index (χ3v) is 1.23. The quantitative estimate of drug-likeness (QED) is 0.463. The zero-order valence-corrected chi connectivity index (χ0v) is 7.42. The largest absolute Gasteiger partial charge is 0.466 e. The fraction of sp³-hybridized carbons (Fsp3) is 0.500. The SMILES string of the molecule is C/C=C(\COC(C)=O)C(=O)OC. The summed E-state index contributed by atoms with van der Waals surface area (Å²) < 4.78 is 9.05. The maximum absolute atomic E-state index is 10.9. The first-order valence-corrected chi connectivity index (χ1v) is 3.48. The van der Waals surface area contributed by atoms with Crippen molar-refractivity contribution in [2.24, 2.45) is 0 Å². The van der Waals surface area contributed by atoms with Crippen molar-refractivity contribution in [2.75, 3.05) is 13.7 Å². The third-order valence-electron chi connectivity index (χ3n) is 1.23. The van der Waals surface area contributed by atoms with Crippen LogP contribution in [0.5, 0.6) is 0 Å². The first kappa shape index (κ1) is 10.7. The molecular formula is C8H12O4. The standard InChI is InChI=1S/C8H12O4/c1-4-7(8(10)11-3)5-12-6(2)9/h4H,5H2,1-3H3/b7-4+. The molecule has 0 aliphatic rings. The van der Waals surface area contributed by atoms with Gasteiger partial charge in [0.15, 0.2) is 0 Å². The predicted octanol–water partition coefficient (Wildman–Crippen LogP) is 0.669. The van der Waals surface area contributed by atoms with Crippen LogP contribution in [-0.4, -0.2) is 25.7 Å². The summed E-state index contributed by atoms with van der Waals surface area (Å²) in [5.74, 6) is -0.892. The Labute approximate surface area is 71.2 Å². The van der Waals surface area contributed by atoms with Crippen LogP contribution in [0.1, 0.15) is 13.8 Å². The molecule has 0 atom stereocenters. The fourth-order valence-corrected chi connectivity index (χ4v) is 0.571. The van der Waals surface area contributed by atoms with Crippen LogP contribution >= 0.6 is 0 Å². The van der Waals surface area contributed by atoms with Crippen molar-refractivity contribution in [3.05, 3.63) is 11.6 Å². The lowest BCUT2D eigenvalue weighted by Gasteiger charge is -2.03. The van der Waals surface area contributed by atoms with Gasteiger partial charge in [-0.15, -0.1) is 0 Å². The lowest BCUT2D eigenvalue weighted by atomic mass is 10.3. The molecule has 4 nitrogen and oxygen atoms in total. The Morgan fingerprint density at radius 2 is 2.00 bits per heavy atom. The molecule has 4 heteroatoms. The summed E-state index contributed by atoms with van der Waals surface area (Å²) in [4.78, 5) is 21.2. The van der Waals surface area contributed by atoms with E-state index in [2.05, 4.69) is 9.47 Å². The van der Waals surface area contributed by atoms with Crippen molar-refractivity contribution in [1.29, 1.82) is 0 Å². The van der Waals surface area contributed by atoms with Gasteiger partial charge < -0.3 is 9.47 Å². The Bertz CT molecular complexity index is 205. The van der Waals surface area contributed by atoms with Crippen LogP contribution in [0, 0.1) is 0 Å². The van der Waals surface area contributed by atoms with Gasteiger partial charge in [-0.1, -0.05) is 6.08 Å². The number of rotatable bonds is 3. The Kier molecular flexibility index (Phi) is 4.76. The number of methoxy groups -OCH3 is 1. The zero-order valence-electron chi connectivity index (χ0n) is 7.42. The molecule has 0 aliphatic heterocycles. The molecule has 0 aliphatic carbocycles. The van der Waals surface area contributed by atoms with Crippen molar-refractivity contribution < 1.29 is 19.1 Å². The number of carbonyl (C=O) groups is 2. The molecule has 0 unspecified atom stereocenters. The summed E-state index contributed by atoms with van der Waals surface area (Å²) >= 11 is 0. The molecule has 0 radical (unpaired) electrons. The molecule has 0 heterocycles. The molecule has 0 aromatic heterocycles. The maximum Gasteiger partial charge on any atom is 0.336 e. The molecule has 0 aromatic rings. The smallest absolute Gasteiger partial charge is 0.336 e. The van der Waals surface area contributed by atoms with Crippen LogP contribution in [0.25, 0.3) is 0 Å². The van der Waals surface area contributed by atoms with Crippen LogP contribution in [0.3, 0.4) is 0 Å². The van der Waals surface area contributed by atoms with E-state index in [0.29, 0.717) is 5.57 Å². The zero-order chi connectivity index (χ0) is 9.56. The number of ether oxygens (including phenoxy) is 2. The molecule has 0 saturated heterocycles. The number of hydrogen-bond acceptors (Lipinski definition) is 4. The van der Waals surface area contributed by atoms with E-state index in [1.807, 2.05) is 0 Å². The van der Waals surface area contributed by atoms with E-state index in [-0.39, 0.29) is 6.61 Å². The summed E-state index contributed by atoms with van der Waals surface area (Å²) in [6.45, 7) is 2.93. The second kappa shape index (κ2) is 5.35. The minimum atomic E-state index is -0.473. The van der Waals surface area contributed by atoms with Gasteiger partial charge in [0.05, 0.1) is 12.7 Å². The minimum absolute atomic E-state index is 0.0293. The Morgan fingerprint density at radius 1 is 1.42 bits per heavy atom. The van der Waals surface area contributed by atoms with Gasteiger partial charge in [0.2, 0.25) is 0 Å². The highest BCUT2D eigenvalue weighted by Crippen LogP contribution is 1.98. The molecule has 0 saturated carbocycles. The summed E-state index contributed by atoms with van der Waals surface area (Å²) in [5, 5.41) is 0. The van der Waals surface area contributed by atoms with Crippen LogP contribution < -0.4 is 0 Å². The second-order valence-electron chi connectivity index (χ2n) is 2.09. The number of hydrogen-bond donors (Lipinski definition) is 0. The van der Waals surface area contributed by atoms with Gasteiger partial charge >= 0.3 is 11.9 Å². The normalized spacial score (nSPS) is 10.8. The molecule has 0 amide bonds. The Morgan fingerprint density at radius 3 is 2.33 bits per heavy atom. The van der Waals surface area contributed by atoms with E-state index in [4.69, 9.17) is 0 Å². The van der Waals surface area contributed by atoms with Gasteiger partial charge in [0.1, 0.15) is 6.61 Å². The number of esters is 2. The molecular weight excluding hydrogens is 160 g/mol. The molecule has 0 bridgehead atoms. The van der Waals surface area contributed by atoms with E-state index in [0.717, 1.165) is 0 Å². The van der Waals surface area contributed by atoms with Gasteiger partial charge in [-0.2, -0.15) is 0 Å². The molecule has 12 heavy (non-hydrogen) atoms. The summed E-state index contributed by atoms with van der Waals surface area (Å²) in [6, 6.07) is 0. The van der Waals surface area contributed by atoms with Gasteiger partial charge in [-0.05, 0) is 6.92 Å². The van der Waals surface area contributed by atoms with E-state index in [1.54, 1.807) is 13.0 Å². The van der Waals surface area contributed by atoms with Gasteiger partial charge in [0.25, 0.3) is 0 Å². The third kappa shape index (κ3) is 3.75. The van der Waals surface area contributed by atoms with Crippen molar-refractivity contribution in [3.8, 4) is 0 Å². The predicted molar refractivity (Wildman–Crippen MR) is 42.4 cm³/mol. The Hall–Kier alpha value is -1.32. The number of carbonyl (C=O) groups excluding carboxylic acids is 2. The van der Waals surface area contributed by atoms with Gasteiger partial charge in [0, 0.05) is 6.92 Å². The van der Waals surface area contributed by atoms with Crippen LogP contribution in [0.2, 0.25) is 0 Å². The van der Waals surface area contributed by atoms with Crippen LogP contribution in [0.15, 0.2) is 11.6 Å². The second-order valence-corrected chi connectivity index (χ2v) is 2.09. The molecule has 0 N–H and O–H groups in total. The highest BCUT2D eigenvalue weighted by molar-refractivity contribution is 5.88. The lowest BCUT2D eigenvalue weighted by Crippen LogP contribution is -2.12. The van der Waals surface area contributed by atoms with E-state index in [1.165, 1.54) is 14.0 Å². The van der Waals surface area contributed by atoms with Crippen molar-refractivity contribution in [3.63, 3.8) is 0 Å². The van der Waals surface area contributed by atoms with Crippen LogP contribution in [0.4, 0.5) is 0 Å². The average molecular weight is 172 g/mol. The number of allylic oxidation sites excluding steroid dienone is 1. The molecule has 0 fully saturated rings. The molecule has 0 aromatic carbocycles.